The van der Waals surface area contributed by atoms with Gasteiger partial charge in [-0.05, 0) is 66.7 Å². The molecule has 32 heavy (non-hydrogen) atoms. The van der Waals surface area contributed by atoms with E-state index >= 15 is 0 Å². The van der Waals surface area contributed by atoms with Crippen LogP contribution in [-0.4, -0.2) is 18.0 Å². The Morgan fingerprint density at radius 1 is 1.03 bits per heavy atom. The van der Waals surface area contributed by atoms with Crippen molar-refractivity contribution >= 4 is 55.5 Å². The number of aromatic nitrogens is 1. The number of benzene rings is 3. The van der Waals surface area contributed by atoms with Crippen LogP contribution in [0.3, 0.4) is 0 Å². The summed E-state index contributed by atoms with van der Waals surface area (Å²) in [5.74, 6) is 0.0852. The molecule has 4 nitrogen and oxygen atoms in total. The molecule has 0 aliphatic rings. The Balaban J connectivity index is 1.64. The highest BCUT2D eigenvalue weighted by atomic mass is 35.5. The Labute approximate surface area is 192 Å². The zero-order valence-corrected chi connectivity index (χ0v) is 18.4. The molecule has 2 heterocycles. The van der Waals surface area contributed by atoms with Crippen molar-refractivity contribution in [1.29, 1.82) is 0 Å². The van der Waals surface area contributed by atoms with E-state index in [-0.39, 0.29) is 11.7 Å². The number of rotatable bonds is 4. The topological polar surface area (TPSA) is 51.2 Å². The molecule has 5 rings (SSSR count). The van der Waals surface area contributed by atoms with Crippen molar-refractivity contribution in [3.05, 3.63) is 88.5 Å². The van der Waals surface area contributed by atoms with Crippen molar-refractivity contribution in [2.24, 2.45) is 0 Å². The first-order valence-electron chi connectivity index (χ1n) is 9.74. The number of nitrogens with zero attached hydrogens (tertiary/aromatic N) is 1. The second kappa shape index (κ2) is 8.22. The third-order valence-corrected chi connectivity index (χ3v) is 6.37. The number of pyridine rings is 1. The average Bonchev–Trinajstić information content (AvgIpc) is 3.22. The van der Waals surface area contributed by atoms with E-state index in [1.165, 1.54) is 23.5 Å². The van der Waals surface area contributed by atoms with E-state index in [0.717, 1.165) is 15.6 Å². The van der Waals surface area contributed by atoms with E-state index < -0.39 is 0 Å². The highest BCUT2D eigenvalue weighted by molar-refractivity contribution is 7.17. The molecule has 2 aromatic heterocycles. The predicted octanol–water partition coefficient (Wildman–Crippen LogP) is 7.17. The molecule has 0 aliphatic carbocycles. The third-order valence-electron chi connectivity index (χ3n) is 5.17. The molecule has 0 atom stereocenters. The molecule has 1 N–H and O–H groups in total. The van der Waals surface area contributed by atoms with Crippen molar-refractivity contribution < 1.29 is 13.9 Å². The van der Waals surface area contributed by atoms with E-state index in [9.17, 15) is 9.18 Å². The third kappa shape index (κ3) is 3.79. The summed E-state index contributed by atoms with van der Waals surface area (Å²) in [6.45, 7) is 0. The number of carbonyl (C=O) groups excluding carboxylic acids is 1. The minimum absolute atomic E-state index is 0.295. The van der Waals surface area contributed by atoms with Crippen LogP contribution in [0.2, 0.25) is 5.02 Å². The number of ether oxygens (including phenoxy) is 1. The standard InChI is InChI=1S/C25H16ClFN2O2S/c1-31-17-6-4-16(5-7-17)28-25(30)20-12-23(29-22-8-2-14(26)10-18(20)22)21-13-32-24-9-3-15(27)11-19(21)24/h2-13H,1H3,(H,28,30). The van der Waals surface area contributed by atoms with Gasteiger partial charge in [0.25, 0.3) is 5.91 Å². The van der Waals surface area contributed by atoms with Crippen LogP contribution < -0.4 is 10.1 Å². The summed E-state index contributed by atoms with van der Waals surface area (Å²) < 4.78 is 20.0. The zero-order valence-electron chi connectivity index (χ0n) is 16.9. The number of nitrogens with one attached hydrogen (secondary N) is 1. The van der Waals surface area contributed by atoms with Crippen molar-refractivity contribution in [3.63, 3.8) is 0 Å². The molecule has 0 saturated heterocycles. The van der Waals surface area contributed by atoms with Crippen molar-refractivity contribution in [2.75, 3.05) is 12.4 Å². The maximum Gasteiger partial charge on any atom is 0.256 e. The molecule has 0 bridgehead atoms. The van der Waals surface area contributed by atoms with E-state index in [2.05, 4.69) is 5.32 Å². The van der Waals surface area contributed by atoms with Gasteiger partial charge in [-0.25, -0.2) is 9.37 Å². The quantitative estimate of drug-likeness (QED) is 0.308. The summed E-state index contributed by atoms with van der Waals surface area (Å²) in [6.07, 6.45) is 0. The molecule has 1 amide bonds. The van der Waals surface area contributed by atoms with Crippen LogP contribution in [0.1, 0.15) is 10.4 Å². The molecule has 5 aromatic rings. The summed E-state index contributed by atoms with van der Waals surface area (Å²) in [6, 6.07) is 18.7. The number of hydrogen-bond acceptors (Lipinski definition) is 4. The lowest BCUT2D eigenvalue weighted by molar-refractivity contribution is 0.102. The van der Waals surface area contributed by atoms with Gasteiger partial charge in [-0.3, -0.25) is 4.79 Å². The molecule has 158 valence electrons. The molecule has 0 saturated carbocycles. The normalized spacial score (nSPS) is 11.1. The molecule has 7 heteroatoms. The Bertz CT molecular complexity index is 1480. The van der Waals surface area contributed by atoms with Crippen LogP contribution in [0, 0.1) is 5.82 Å². The zero-order chi connectivity index (χ0) is 22.2. The molecule has 3 aromatic carbocycles. The highest BCUT2D eigenvalue weighted by Crippen LogP contribution is 2.36. The number of halogens is 2. The number of methoxy groups -OCH3 is 1. The summed E-state index contributed by atoms with van der Waals surface area (Å²) >= 11 is 7.72. The largest absolute Gasteiger partial charge is 0.497 e. The van der Waals surface area contributed by atoms with Gasteiger partial charge in [0.15, 0.2) is 0 Å². The number of amides is 1. The molecule has 0 aliphatic heterocycles. The fraction of sp³-hybridized carbons (Fsp3) is 0.0400. The lowest BCUT2D eigenvalue weighted by atomic mass is 10.0. The number of thiophene rings is 1. The molecule has 0 spiro atoms. The van der Waals surface area contributed by atoms with Crippen molar-refractivity contribution in [3.8, 4) is 17.0 Å². The van der Waals surface area contributed by atoms with Crippen LogP contribution >= 0.6 is 22.9 Å². The van der Waals surface area contributed by atoms with Crippen molar-refractivity contribution in [1.82, 2.24) is 4.98 Å². The van der Waals surface area contributed by atoms with Crippen LogP contribution in [0.4, 0.5) is 10.1 Å². The lowest BCUT2D eigenvalue weighted by Crippen LogP contribution is -2.13. The maximum absolute atomic E-state index is 13.9. The average molecular weight is 463 g/mol. The lowest BCUT2D eigenvalue weighted by Gasteiger charge is -2.11. The van der Waals surface area contributed by atoms with Gasteiger partial charge in [-0.2, -0.15) is 0 Å². The smallest absolute Gasteiger partial charge is 0.256 e. The van der Waals surface area contributed by atoms with E-state index in [1.54, 1.807) is 61.7 Å². The summed E-state index contributed by atoms with van der Waals surface area (Å²) in [5, 5.41) is 6.75. The molecule has 0 fully saturated rings. The monoisotopic (exact) mass is 462 g/mol. The maximum atomic E-state index is 13.9. The first-order chi connectivity index (χ1) is 15.5. The number of fused-ring (bicyclic) bond motifs is 2. The van der Waals surface area contributed by atoms with Gasteiger partial charge in [0.2, 0.25) is 0 Å². The van der Waals surface area contributed by atoms with Gasteiger partial charge in [0, 0.05) is 37.1 Å². The number of anilines is 1. The van der Waals surface area contributed by atoms with Gasteiger partial charge in [0.1, 0.15) is 11.6 Å². The predicted molar refractivity (Wildman–Crippen MR) is 128 cm³/mol. The first-order valence-corrected chi connectivity index (χ1v) is 11.0. The van der Waals surface area contributed by atoms with E-state index in [4.69, 9.17) is 21.3 Å². The summed E-state index contributed by atoms with van der Waals surface area (Å²) in [7, 11) is 1.59. The fourth-order valence-electron chi connectivity index (χ4n) is 3.60. The van der Waals surface area contributed by atoms with E-state index in [0.29, 0.717) is 38.6 Å². The van der Waals surface area contributed by atoms with Crippen LogP contribution in [0.25, 0.3) is 32.2 Å². The second-order valence-corrected chi connectivity index (χ2v) is 8.54. The van der Waals surface area contributed by atoms with Crippen LogP contribution in [0.15, 0.2) is 72.1 Å². The molecule has 0 unspecified atom stereocenters. The Hall–Kier alpha value is -3.48. The number of carbonyl (C=O) groups is 1. The first kappa shape index (κ1) is 20.4. The Kier molecular flexibility index (Phi) is 5.25. The SMILES string of the molecule is COc1ccc(NC(=O)c2cc(-c3csc4ccc(F)cc34)nc3ccc(Cl)cc23)cc1. The van der Waals surface area contributed by atoms with Gasteiger partial charge in [-0.1, -0.05) is 11.6 Å². The molecule has 0 radical (unpaired) electrons. The van der Waals surface area contributed by atoms with Crippen LogP contribution in [0.5, 0.6) is 5.75 Å². The fourth-order valence-corrected chi connectivity index (χ4v) is 4.70. The Morgan fingerprint density at radius 2 is 1.84 bits per heavy atom. The van der Waals surface area contributed by atoms with Crippen molar-refractivity contribution in [2.45, 2.75) is 0 Å². The number of hydrogen-bond donors (Lipinski definition) is 1. The van der Waals surface area contributed by atoms with Gasteiger partial charge < -0.3 is 10.1 Å². The molecular weight excluding hydrogens is 447 g/mol. The summed E-state index contributed by atoms with van der Waals surface area (Å²) in [4.78, 5) is 18.0. The molecular formula is C25H16ClFN2O2S. The minimum atomic E-state index is -0.317. The minimum Gasteiger partial charge on any atom is -0.497 e. The highest BCUT2D eigenvalue weighted by Gasteiger charge is 2.17. The summed E-state index contributed by atoms with van der Waals surface area (Å²) in [5.41, 5.74) is 3.06. The second-order valence-electron chi connectivity index (χ2n) is 7.19. The van der Waals surface area contributed by atoms with Crippen LogP contribution in [-0.2, 0) is 0 Å². The Morgan fingerprint density at radius 3 is 2.62 bits per heavy atom. The van der Waals surface area contributed by atoms with Gasteiger partial charge >= 0.3 is 0 Å². The van der Waals surface area contributed by atoms with Gasteiger partial charge in [-0.15, -0.1) is 11.3 Å². The van der Waals surface area contributed by atoms with E-state index in [1.807, 2.05) is 5.38 Å². The van der Waals surface area contributed by atoms with Gasteiger partial charge in [0.05, 0.1) is 23.9 Å².